The number of hydrogen-bond acceptors (Lipinski definition) is 1. The molecule has 1 aliphatic rings. The van der Waals surface area contributed by atoms with Crippen molar-refractivity contribution < 1.29 is 0 Å². The van der Waals surface area contributed by atoms with Crippen LogP contribution in [0.1, 0.15) is 37.3 Å². The Morgan fingerprint density at radius 3 is 2.81 bits per heavy atom. The van der Waals surface area contributed by atoms with E-state index in [1.807, 2.05) is 0 Å². The maximum atomic E-state index is 6.34. The summed E-state index contributed by atoms with van der Waals surface area (Å²) in [6.45, 7) is 0. The summed E-state index contributed by atoms with van der Waals surface area (Å²) in [5, 5.41) is 0. The number of hydrogen-bond donors (Lipinski definition) is 1. The largest absolute Gasteiger partial charge is 0.321 e. The average molecular weight is 392 g/mol. The first-order valence-corrected chi connectivity index (χ1v) is 7.45. The zero-order valence-electron chi connectivity index (χ0n) is 9.05. The third-order valence-corrected chi connectivity index (χ3v) is 4.41. The normalized spacial score (nSPS) is 18.1. The van der Waals surface area contributed by atoms with Gasteiger partial charge >= 0.3 is 0 Å². The molecule has 0 aromatic heterocycles. The second kappa shape index (κ2) is 5.65. The van der Waals surface area contributed by atoms with Crippen molar-refractivity contribution in [2.24, 2.45) is 5.73 Å². The van der Waals surface area contributed by atoms with Crippen LogP contribution in [0.25, 0.3) is 0 Å². The number of nitrogens with two attached hydrogens (primary N) is 1. The molecule has 0 heterocycles. The smallest absolute Gasteiger partial charge is 0.0522 e. The van der Waals surface area contributed by atoms with Gasteiger partial charge in [-0.3, -0.25) is 0 Å². The summed E-state index contributed by atoms with van der Waals surface area (Å²) >= 11 is 5.92. The lowest BCUT2D eigenvalue weighted by molar-refractivity contribution is 0.647. The average Bonchev–Trinajstić information content (AvgIpc) is 2.32. The summed E-state index contributed by atoms with van der Waals surface area (Å²) in [7, 11) is 0. The number of rotatable bonds is 2. The van der Waals surface area contributed by atoms with Crippen molar-refractivity contribution in [2.75, 3.05) is 0 Å². The van der Waals surface area contributed by atoms with E-state index in [0.717, 1.165) is 10.9 Å². The van der Waals surface area contributed by atoms with Gasteiger partial charge in [-0.05, 0) is 72.0 Å². The summed E-state index contributed by atoms with van der Waals surface area (Å²) in [5.41, 5.74) is 8.94. The zero-order valence-corrected chi connectivity index (χ0v) is 12.8. The molecule has 1 aliphatic carbocycles. The SMILES string of the molecule is NC(C1=CCCCC1)c1cc(I)ccc1Br. The second-order valence-electron chi connectivity index (χ2n) is 4.17. The molecule has 0 bridgehead atoms. The quantitative estimate of drug-likeness (QED) is 0.580. The number of allylic oxidation sites excluding steroid dienone is 1. The minimum atomic E-state index is 0.0596. The van der Waals surface area contributed by atoms with E-state index in [-0.39, 0.29) is 6.04 Å². The van der Waals surface area contributed by atoms with Crippen molar-refractivity contribution in [3.63, 3.8) is 0 Å². The van der Waals surface area contributed by atoms with E-state index < -0.39 is 0 Å². The molecule has 0 fully saturated rings. The Kier molecular flexibility index (Phi) is 4.44. The van der Waals surface area contributed by atoms with Crippen molar-refractivity contribution in [2.45, 2.75) is 31.7 Å². The molecule has 2 rings (SSSR count). The molecular weight excluding hydrogens is 377 g/mol. The fourth-order valence-corrected chi connectivity index (χ4v) is 3.11. The van der Waals surface area contributed by atoms with Gasteiger partial charge in [-0.1, -0.05) is 27.6 Å². The summed E-state index contributed by atoms with van der Waals surface area (Å²) in [5.74, 6) is 0. The summed E-state index contributed by atoms with van der Waals surface area (Å²) in [6.07, 6.45) is 7.24. The van der Waals surface area contributed by atoms with E-state index in [1.54, 1.807) is 0 Å². The van der Waals surface area contributed by atoms with Crippen LogP contribution in [0.5, 0.6) is 0 Å². The maximum Gasteiger partial charge on any atom is 0.0522 e. The number of halogens is 2. The van der Waals surface area contributed by atoms with Gasteiger partial charge in [0.15, 0.2) is 0 Å². The summed E-state index contributed by atoms with van der Waals surface area (Å²) < 4.78 is 2.36. The predicted octanol–water partition coefficient (Wildman–Crippen LogP) is 4.55. The Balaban J connectivity index is 2.29. The highest BCUT2D eigenvalue weighted by molar-refractivity contribution is 14.1. The van der Waals surface area contributed by atoms with E-state index >= 15 is 0 Å². The van der Waals surface area contributed by atoms with Crippen LogP contribution in [-0.2, 0) is 0 Å². The lowest BCUT2D eigenvalue weighted by Gasteiger charge is -2.21. The summed E-state index contributed by atoms with van der Waals surface area (Å²) in [4.78, 5) is 0. The highest BCUT2D eigenvalue weighted by Crippen LogP contribution is 2.32. The fraction of sp³-hybridized carbons (Fsp3) is 0.385. The zero-order chi connectivity index (χ0) is 11.5. The van der Waals surface area contributed by atoms with Crippen LogP contribution in [0.3, 0.4) is 0 Å². The third-order valence-electron chi connectivity index (χ3n) is 3.02. The molecule has 0 amide bonds. The van der Waals surface area contributed by atoms with E-state index in [2.05, 4.69) is 62.8 Å². The van der Waals surface area contributed by atoms with Gasteiger partial charge in [0.05, 0.1) is 6.04 Å². The van der Waals surface area contributed by atoms with E-state index in [1.165, 1.54) is 34.0 Å². The van der Waals surface area contributed by atoms with Gasteiger partial charge in [-0.2, -0.15) is 0 Å². The Morgan fingerprint density at radius 2 is 2.12 bits per heavy atom. The molecule has 0 aliphatic heterocycles. The monoisotopic (exact) mass is 391 g/mol. The first-order chi connectivity index (χ1) is 7.68. The highest BCUT2D eigenvalue weighted by atomic mass is 127. The van der Waals surface area contributed by atoms with Gasteiger partial charge in [0.1, 0.15) is 0 Å². The Bertz CT molecular complexity index is 414. The molecule has 2 N–H and O–H groups in total. The van der Waals surface area contributed by atoms with E-state index in [0.29, 0.717) is 0 Å². The molecule has 0 saturated carbocycles. The van der Waals surface area contributed by atoms with Crippen LogP contribution in [0.4, 0.5) is 0 Å². The van der Waals surface area contributed by atoms with Crippen LogP contribution < -0.4 is 5.73 Å². The predicted molar refractivity (Wildman–Crippen MR) is 80.3 cm³/mol. The van der Waals surface area contributed by atoms with Crippen molar-refractivity contribution in [3.05, 3.63) is 43.5 Å². The van der Waals surface area contributed by atoms with Crippen molar-refractivity contribution >= 4 is 38.5 Å². The van der Waals surface area contributed by atoms with Crippen LogP contribution in [0, 0.1) is 3.57 Å². The lowest BCUT2D eigenvalue weighted by Crippen LogP contribution is -2.15. The van der Waals surface area contributed by atoms with Gasteiger partial charge in [-0.25, -0.2) is 0 Å². The third kappa shape index (κ3) is 2.87. The van der Waals surface area contributed by atoms with Crippen LogP contribution in [0.2, 0.25) is 0 Å². The first kappa shape index (κ1) is 12.6. The highest BCUT2D eigenvalue weighted by Gasteiger charge is 2.16. The standard InChI is InChI=1S/C13H15BrIN/c14-12-7-6-10(15)8-11(12)13(16)9-4-2-1-3-5-9/h4,6-8,13H,1-3,5,16H2. The van der Waals surface area contributed by atoms with Gasteiger partial charge < -0.3 is 5.73 Å². The van der Waals surface area contributed by atoms with Crippen molar-refractivity contribution in [1.82, 2.24) is 0 Å². The molecule has 3 heteroatoms. The molecule has 1 unspecified atom stereocenters. The van der Waals surface area contributed by atoms with E-state index in [9.17, 15) is 0 Å². The van der Waals surface area contributed by atoms with Gasteiger partial charge in [0.2, 0.25) is 0 Å². The first-order valence-electron chi connectivity index (χ1n) is 5.58. The van der Waals surface area contributed by atoms with E-state index in [4.69, 9.17) is 5.73 Å². The molecule has 0 spiro atoms. The van der Waals surface area contributed by atoms with Gasteiger partial charge in [0, 0.05) is 8.04 Å². The van der Waals surface area contributed by atoms with Crippen LogP contribution in [-0.4, -0.2) is 0 Å². The maximum absolute atomic E-state index is 6.34. The second-order valence-corrected chi connectivity index (χ2v) is 6.27. The van der Waals surface area contributed by atoms with Gasteiger partial charge in [0.25, 0.3) is 0 Å². The molecule has 1 atom stereocenters. The number of benzene rings is 1. The van der Waals surface area contributed by atoms with Crippen molar-refractivity contribution in [3.8, 4) is 0 Å². The topological polar surface area (TPSA) is 26.0 Å². The molecule has 1 nitrogen and oxygen atoms in total. The molecule has 86 valence electrons. The minimum Gasteiger partial charge on any atom is -0.321 e. The summed E-state index contributed by atoms with van der Waals surface area (Å²) in [6, 6.07) is 6.41. The molecule has 0 radical (unpaired) electrons. The Morgan fingerprint density at radius 1 is 1.31 bits per heavy atom. The Hall–Kier alpha value is 0.130. The molecule has 1 aromatic carbocycles. The lowest BCUT2D eigenvalue weighted by atomic mass is 9.90. The fourth-order valence-electron chi connectivity index (χ4n) is 2.10. The molecule has 16 heavy (non-hydrogen) atoms. The Labute approximate surface area is 119 Å². The molecule has 1 aromatic rings. The van der Waals surface area contributed by atoms with Gasteiger partial charge in [-0.15, -0.1) is 0 Å². The minimum absolute atomic E-state index is 0.0596. The molecule has 0 saturated heterocycles. The molecular formula is C13H15BrIN. The van der Waals surface area contributed by atoms with Crippen LogP contribution >= 0.6 is 38.5 Å². The van der Waals surface area contributed by atoms with Crippen molar-refractivity contribution in [1.29, 1.82) is 0 Å². The van der Waals surface area contributed by atoms with Crippen LogP contribution in [0.15, 0.2) is 34.3 Å².